The van der Waals surface area contributed by atoms with E-state index in [0.717, 1.165) is 11.5 Å². The first-order chi connectivity index (χ1) is 8.70. The highest BCUT2D eigenvalue weighted by molar-refractivity contribution is 5.97. The van der Waals surface area contributed by atoms with Crippen LogP contribution in [0.4, 0.5) is 0 Å². The third-order valence-electron chi connectivity index (χ3n) is 4.03. The maximum Gasteiger partial charge on any atom is 0.176 e. The predicted octanol–water partition coefficient (Wildman–Crippen LogP) is 3.38. The van der Waals surface area contributed by atoms with E-state index in [0.29, 0.717) is 12.5 Å². The van der Waals surface area contributed by atoms with Crippen molar-refractivity contribution in [1.29, 1.82) is 0 Å². The van der Waals surface area contributed by atoms with Crippen molar-refractivity contribution < 1.29 is 4.79 Å². The largest absolute Gasteiger partial charge is 0.313 e. The lowest BCUT2D eigenvalue weighted by Crippen LogP contribution is -2.19. The van der Waals surface area contributed by atoms with E-state index in [2.05, 4.69) is 24.4 Å². The summed E-state index contributed by atoms with van der Waals surface area (Å²) in [5.74, 6) is 1.71. The molecule has 98 valence electrons. The van der Waals surface area contributed by atoms with Crippen LogP contribution < -0.4 is 5.32 Å². The molecule has 2 nitrogen and oxygen atoms in total. The molecule has 1 aromatic carbocycles. The molecule has 0 heterocycles. The van der Waals surface area contributed by atoms with E-state index in [4.69, 9.17) is 0 Å². The highest BCUT2D eigenvalue weighted by atomic mass is 16.1. The van der Waals surface area contributed by atoms with Crippen molar-refractivity contribution in [2.24, 2.45) is 5.92 Å². The summed E-state index contributed by atoms with van der Waals surface area (Å²) in [7, 11) is 1.81. The van der Waals surface area contributed by atoms with Crippen molar-refractivity contribution >= 4 is 5.78 Å². The molecule has 0 saturated heterocycles. The van der Waals surface area contributed by atoms with Gasteiger partial charge in [0.25, 0.3) is 0 Å². The van der Waals surface area contributed by atoms with E-state index in [1.807, 2.05) is 19.2 Å². The van der Waals surface area contributed by atoms with Gasteiger partial charge in [-0.2, -0.15) is 0 Å². The van der Waals surface area contributed by atoms with Gasteiger partial charge in [0.1, 0.15) is 0 Å². The third kappa shape index (κ3) is 3.20. The minimum atomic E-state index is 0.184. The molecule has 1 N–H and O–H groups in total. The monoisotopic (exact) mass is 245 g/mol. The molecular formula is C16H23NO. The molecule has 18 heavy (non-hydrogen) atoms. The van der Waals surface area contributed by atoms with E-state index in [-0.39, 0.29) is 5.78 Å². The van der Waals surface area contributed by atoms with Crippen molar-refractivity contribution in [1.82, 2.24) is 5.32 Å². The van der Waals surface area contributed by atoms with Gasteiger partial charge in [-0.15, -0.1) is 0 Å². The first-order valence-corrected chi connectivity index (χ1v) is 6.98. The van der Waals surface area contributed by atoms with Gasteiger partial charge in [-0.05, 0) is 43.4 Å². The van der Waals surface area contributed by atoms with Crippen LogP contribution in [0.1, 0.15) is 54.4 Å². The van der Waals surface area contributed by atoms with E-state index in [1.165, 1.54) is 31.2 Å². The zero-order valence-electron chi connectivity index (χ0n) is 11.4. The number of ketones is 1. The SMILES string of the molecule is CNCC(=O)c1cccc(C2CCC(C)CC2)c1. The van der Waals surface area contributed by atoms with Crippen molar-refractivity contribution in [2.75, 3.05) is 13.6 Å². The second-order valence-corrected chi connectivity index (χ2v) is 5.54. The van der Waals surface area contributed by atoms with Crippen LogP contribution in [0.15, 0.2) is 24.3 Å². The maximum atomic E-state index is 11.9. The summed E-state index contributed by atoms with van der Waals surface area (Å²) in [6.45, 7) is 2.76. The van der Waals surface area contributed by atoms with Crippen molar-refractivity contribution in [3.8, 4) is 0 Å². The fourth-order valence-electron chi connectivity index (χ4n) is 2.82. The lowest BCUT2D eigenvalue weighted by molar-refractivity contribution is 0.0993. The van der Waals surface area contributed by atoms with Crippen molar-refractivity contribution in [3.63, 3.8) is 0 Å². The van der Waals surface area contributed by atoms with Gasteiger partial charge in [-0.1, -0.05) is 38.0 Å². The summed E-state index contributed by atoms with van der Waals surface area (Å²) >= 11 is 0. The zero-order chi connectivity index (χ0) is 13.0. The number of rotatable bonds is 4. The Kier molecular flexibility index (Phi) is 4.54. The molecule has 1 saturated carbocycles. The van der Waals surface area contributed by atoms with Crippen LogP contribution in [-0.2, 0) is 0 Å². The number of hydrogen-bond acceptors (Lipinski definition) is 2. The third-order valence-corrected chi connectivity index (χ3v) is 4.03. The van der Waals surface area contributed by atoms with E-state index >= 15 is 0 Å². The standard InChI is InChI=1S/C16H23NO/c1-12-6-8-13(9-7-12)14-4-3-5-15(10-14)16(18)11-17-2/h3-5,10,12-13,17H,6-9,11H2,1-2H3. The summed E-state index contributed by atoms with van der Waals surface area (Å²) in [5.41, 5.74) is 2.20. The normalized spacial score (nSPS) is 23.9. The van der Waals surface area contributed by atoms with E-state index in [9.17, 15) is 4.79 Å². The Morgan fingerprint density at radius 2 is 2.00 bits per heavy atom. The Hall–Kier alpha value is -1.15. The molecule has 0 aromatic heterocycles. The molecule has 0 unspecified atom stereocenters. The first-order valence-electron chi connectivity index (χ1n) is 6.98. The second kappa shape index (κ2) is 6.14. The second-order valence-electron chi connectivity index (χ2n) is 5.54. The van der Waals surface area contributed by atoms with Crippen LogP contribution in [0, 0.1) is 5.92 Å². The number of Topliss-reactive ketones (excluding diaryl/α,β-unsaturated/α-hetero) is 1. The van der Waals surface area contributed by atoms with Crippen LogP contribution in [0.2, 0.25) is 0 Å². The Labute approximate surface area is 110 Å². The van der Waals surface area contributed by atoms with Crippen LogP contribution in [0.25, 0.3) is 0 Å². The molecule has 1 aromatic rings. The first kappa shape index (κ1) is 13.3. The van der Waals surface area contributed by atoms with E-state index in [1.54, 1.807) is 0 Å². The average molecular weight is 245 g/mol. The molecule has 2 rings (SSSR count). The minimum Gasteiger partial charge on any atom is -0.313 e. The van der Waals surface area contributed by atoms with Gasteiger partial charge in [0, 0.05) is 5.56 Å². The van der Waals surface area contributed by atoms with Crippen LogP contribution >= 0.6 is 0 Å². The summed E-state index contributed by atoms with van der Waals surface area (Å²) in [4.78, 5) is 11.9. The number of benzene rings is 1. The highest BCUT2D eigenvalue weighted by Crippen LogP contribution is 2.35. The fourth-order valence-corrected chi connectivity index (χ4v) is 2.82. The van der Waals surface area contributed by atoms with Gasteiger partial charge >= 0.3 is 0 Å². The molecule has 0 spiro atoms. The lowest BCUT2D eigenvalue weighted by atomic mass is 9.79. The maximum absolute atomic E-state index is 11.9. The summed E-state index contributed by atoms with van der Waals surface area (Å²) in [5, 5.41) is 2.92. The van der Waals surface area contributed by atoms with Crippen molar-refractivity contribution in [2.45, 2.75) is 38.5 Å². The molecule has 0 atom stereocenters. The number of carbonyl (C=O) groups is 1. The minimum absolute atomic E-state index is 0.184. The summed E-state index contributed by atoms with van der Waals surface area (Å²) in [6.07, 6.45) is 5.17. The molecule has 1 aliphatic rings. The van der Waals surface area contributed by atoms with Gasteiger partial charge in [-0.3, -0.25) is 4.79 Å². The molecule has 0 aliphatic heterocycles. The number of carbonyl (C=O) groups excluding carboxylic acids is 1. The average Bonchev–Trinajstić information content (AvgIpc) is 2.40. The predicted molar refractivity (Wildman–Crippen MR) is 75.1 cm³/mol. The quantitative estimate of drug-likeness (QED) is 0.824. The Balaban J connectivity index is 2.09. The van der Waals surface area contributed by atoms with Crippen LogP contribution in [0.3, 0.4) is 0 Å². The van der Waals surface area contributed by atoms with Gasteiger partial charge < -0.3 is 5.32 Å². The molecule has 0 bridgehead atoms. The van der Waals surface area contributed by atoms with Gasteiger partial charge in [0.05, 0.1) is 6.54 Å². The zero-order valence-corrected chi connectivity index (χ0v) is 11.4. The lowest BCUT2D eigenvalue weighted by Gasteiger charge is -2.26. The van der Waals surface area contributed by atoms with Gasteiger partial charge in [-0.25, -0.2) is 0 Å². The molecular weight excluding hydrogens is 222 g/mol. The highest BCUT2D eigenvalue weighted by Gasteiger charge is 2.20. The Morgan fingerprint density at radius 3 is 2.67 bits per heavy atom. The van der Waals surface area contributed by atoms with Crippen molar-refractivity contribution in [3.05, 3.63) is 35.4 Å². The van der Waals surface area contributed by atoms with Crippen LogP contribution in [0.5, 0.6) is 0 Å². The molecule has 2 heteroatoms. The topological polar surface area (TPSA) is 29.1 Å². The van der Waals surface area contributed by atoms with Gasteiger partial charge in [0.2, 0.25) is 0 Å². The smallest absolute Gasteiger partial charge is 0.176 e. The number of likely N-dealkylation sites (N-methyl/N-ethyl adjacent to an activating group) is 1. The molecule has 0 radical (unpaired) electrons. The summed E-state index contributed by atoms with van der Waals surface area (Å²) < 4.78 is 0. The number of hydrogen-bond donors (Lipinski definition) is 1. The molecule has 1 aliphatic carbocycles. The number of nitrogens with one attached hydrogen (secondary N) is 1. The summed E-state index contributed by atoms with van der Waals surface area (Å²) in [6, 6.07) is 8.22. The van der Waals surface area contributed by atoms with Gasteiger partial charge in [0.15, 0.2) is 5.78 Å². The molecule has 0 amide bonds. The molecule has 1 fully saturated rings. The Morgan fingerprint density at radius 1 is 1.28 bits per heavy atom. The van der Waals surface area contributed by atoms with Crippen LogP contribution in [-0.4, -0.2) is 19.4 Å². The fraction of sp³-hybridized carbons (Fsp3) is 0.562. The van der Waals surface area contributed by atoms with E-state index < -0.39 is 0 Å². The Bertz CT molecular complexity index is 405.